The number of ether oxygens (including phenoxy) is 1. The van der Waals surface area contributed by atoms with Gasteiger partial charge >= 0.3 is 0 Å². The topological polar surface area (TPSA) is 121 Å². The van der Waals surface area contributed by atoms with Gasteiger partial charge in [-0.1, -0.05) is 32.9 Å². The number of β-amino-alcohol motifs (C(OH)–C–C–N with tert-alkyl or cyclic N) is 1. The predicted octanol–water partition coefficient (Wildman–Crippen LogP) is 2.86. The summed E-state index contributed by atoms with van der Waals surface area (Å²) in [5, 5.41) is 15.9. The fraction of sp³-hybridized carbons (Fsp3) is 0.538. The molecule has 37 heavy (non-hydrogen) atoms. The van der Waals surface area contributed by atoms with Gasteiger partial charge in [0.15, 0.2) is 0 Å². The lowest BCUT2D eigenvalue weighted by atomic mass is 9.85. The Kier molecular flexibility index (Phi) is 9.55. The van der Waals surface area contributed by atoms with Gasteiger partial charge in [-0.05, 0) is 24.0 Å². The molecule has 3 amide bonds. The summed E-state index contributed by atoms with van der Waals surface area (Å²) < 4.78 is 5.86. The van der Waals surface area contributed by atoms with Crippen molar-refractivity contribution in [2.45, 2.75) is 65.8 Å². The van der Waals surface area contributed by atoms with Crippen LogP contribution in [0.5, 0.6) is 5.75 Å². The Balaban J connectivity index is 1.77. The first kappa shape index (κ1) is 28.9. The lowest BCUT2D eigenvalue weighted by molar-refractivity contribution is -0.143. The minimum absolute atomic E-state index is 0.0239. The average Bonchev–Trinajstić information content (AvgIpc) is 3.44. The largest absolute Gasteiger partial charge is 0.492 e. The van der Waals surface area contributed by atoms with E-state index in [1.165, 1.54) is 23.2 Å². The fourth-order valence-electron chi connectivity index (χ4n) is 4.33. The highest BCUT2D eigenvalue weighted by molar-refractivity contribution is 7.13. The smallest absolute Gasteiger partial charge is 0.246 e. The van der Waals surface area contributed by atoms with Gasteiger partial charge in [0.1, 0.15) is 24.4 Å². The Hall–Kier alpha value is -2.69. The summed E-state index contributed by atoms with van der Waals surface area (Å²) in [6.45, 7) is 9.31. The number of carbonyl (C=O) groups is 3. The minimum Gasteiger partial charge on any atom is -0.492 e. The van der Waals surface area contributed by atoms with Crippen molar-refractivity contribution in [3.05, 3.63) is 35.0 Å². The molecule has 3 atom stereocenters. The number of nitrogens with zero attached hydrogens (tertiary/aromatic N) is 2. The molecule has 1 fully saturated rings. The summed E-state index contributed by atoms with van der Waals surface area (Å²) in [7, 11) is 0. The summed E-state index contributed by atoms with van der Waals surface area (Å²) >= 11 is 7.38. The second kappa shape index (κ2) is 12.2. The van der Waals surface area contributed by atoms with Crippen LogP contribution < -0.4 is 15.4 Å². The van der Waals surface area contributed by atoms with Crippen LogP contribution in [0.3, 0.4) is 0 Å². The van der Waals surface area contributed by atoms with Crippen LogP contribution in [0.1, 0.15) is 45.4 Å². The van der Waals surface area contributed by atoms with E-state index in [-0.39, 0.29) is 31.3 Å². The zero-order valence-corrected chi connectivity index (χ0v) is 23.4. The lowest BCUT2D eigenvalue weighted by Crippen LogP contribution is -2.57. The Bertz CT molecular complexity index is 1130. The minimum atomic E-state index is -0.854. The lowest BCUT2D eigenvalue weighted by Gasteiger charge is -2.35. The maximum absolute atomic E-state index is 13.4. The summed E-state index contributed by atoms with van der Waals surface area (Å²) in [4.78, 5) is 45.1. The van der Waals surface area contributed by atoms with Crippen LogP contribution in [-0.4, -0.2) is 69.9 Å². The number of nitrogens with one attached hydrogen (secondary N) is 2. The second-order valence-corrected chi connectivity index (χ2v) is 11.5. The number of thiazole rings is 1. The first-order valence-corrected chi connectivity index (χ1v) is 13.6. The van der Waals surface area contributed by atoms with E-state index in [4.69, 9.17) is 16.3 Å². The number of aliphatic hydroxyl groups excluding tert-OH is 1. The maximum Gasteiger partial charge on any atom is 0.246 e. The highest BCUT2D eigenvalue weighted by Crippen LogP contribution is 2.32. The Morgan fingerprint density at radius 3 is 2.65 bits per heavy atom. The summed E-state index contributed by atoms with van der Waals surface area (Å²) in [6, 6.07) is 4.06. The number of alkyl halides is 1. The van der Waals surface area contributed by atoms with Gasteiger partial charge < -0.3 is 25.4 Å². The Morgan fingerprint density at radius 1 is 1.32 bits per heavy atom. The zero-order chi connectivity index (χ0) is 27.3. The molecule has 202 valence electrons. The fourth-order valence-corrected chi connectivity index (χ4v) is 5.21. The number of hydrogen-bond acceptors (Lipinski definition) is 7. The van der Waals surface area contributed by atoms with Gasteiger partial charge in [0, 0.05) is 32.0 Å². The average molecular weight is 551 g/mol. The molecule has 0 radical (unpaired) electrons. The number of hydrogen-bond donors (Lipinski definition) is 3. The van der Waals surface area contributed by atoms with Crippen molar-refractivity contribution in [3.8, 4) is 16.2 Å². The molecule has 0 bridgehead atoms. The van der Waals surface area contributed by atoms with Crippen LogP contribution in [0, 0.1) is 12.3 Å². The number of halogens is 1. The SMILES string of the molecule is CC(=O)N[C@H](C(=O)N1CC(O)CC1C(=O)NCc1ccc(-c2scnc2C)cc1OCCCl)C(C)(C)C. The van der Waals surface area contributed by atoms with Crippen molar-refractivity contribution in [3.63, 3.8) is 0 Å². The van der Waals surface area contributed by atoms with Gasteiger partial charge in [0.2, 0.25) is 17.7 Å². The van der Waals surface area contributed by atoms with Gasteiger partial charge in [-0.15, -0.1) is 22.9 Å². The van der Waals surface area contributed by atoms with Gasteiger partial charge in [0.25, 0.3) is 0 Å². The molecule has 1 aliphatic rings. The number of likely N-dealkylation sites (tertiary alicyclic amines) is 1. The second-order valence-electron chi connectivity index (χ2n) is 10.2. The van der Waals surface area contributed by atoms with E-state index in [0.717, 1.165) is 21.7 Å². The number of benzene rings is 1. The normalized spacial score (nSPS) is 18.4. The van der Waals surface area contributed by atoms with E-state index in [2.05, 4.69) is 15.6 Å². The van der Waals surface area contributed by atoms with Crippen molar-refractivity contribution in [2.24, 2.45) is 5.41 Å². The molecule has 9 nitrogen and oxygen atoms in total. The van der Waals surface area contributed by atoms with Crippen LogP contribution in [-0.2, 0) is 20.9 Å². The molecule has 1 aromatic heterocycles. The third-order valence-electron chi connectivity index (χ3n) is 6.19. The van der Waals surface area contributed by atoms with E-state index in [1.54, 1.807) is 5.51 Å². The molecular formula is C26H35ClN4O5S. The number of rotatable bonds is 9. The third kappa shape index (κ3) is 7.21. The molecule has 3 rings (SSSR count). The molecule has 0 spiro atoms. The number of aromatic nitrogens is 1. The van der Waals surface area contributed by atoms with Crippen molar-refractivity contribution in [2.75, 3.05) is 19.0 Å². The van der Waals surface area contributed by atoms with Crippen molar-refractivity contribution in [1.82, 2.24) is 20.5 Å². The molecule has 2 aromatic rings. The molecular weight excluding hydrogens is 516 g/mol. The van der Waals surface area contributed by atoms with Crippen molar-refractivity contribution in [1.29, 1.82) is 0 Å². The highest BCUT2D eigenvalue weighted by atomic mass is 35.5. The van der Waals surface area contributed by atoms with Crippen molar-refractivity contribution < 1.29 is 24.2 Å². The number of aliphatic hydroxyl groups is 1. The molecule has 2 unspecified atom stereocenters. The first-order chi connectivity index (χ1) is 17.4. The summed E-state index contributed by atoms with van der Waals surface area (Å²) in [5.41, 5.74) is 3.85. The molecule has 0 saturated carbocycles. The van der Waals surface area contributed by atoms with E-state index in [9.17, 15) is 19.5 Å². The maximum atomic E-state index is 13.4. The molecule has 2 heterocycles. The third-order valence-corrected chi connectivity index (χ3v) is 7.32. The van der Waals surface area contributed by atoms with E-state index >= 15 is 0 Å². The van der Waals surface area contributed by atoms with Crippen molar-refractivity contribution >= 4 is 40.7 Å². The molecule has 0 aliphatic carbocycles. The van der Waals surface area contributed by atoms with Gasteiger partial charge in [-0.25, -0.2) is 4.98 Å². The number of carbonyl (C=O) groups excluding carboxylic acids is 3. The number of amides is 3. The van der Waals surface area contributed by atoms with Gasteiger partial charge in [-0.3, -0.25) is 14.4 Å². The predicted molar refractivity (Wildman–Crippen MR) is 144 cm³/mol. The van der Waals surface area contributed by atoms with Crippen LogP contribution in [0.15, 0.2) is 23.7 Å². The quantitative estimate of drug-likeness (QED) is 0.413. The summed E-state index contributed by atoms with van der Waals surface area (Å²) in [6.07, 6.45) is -0.713. The first-order valence-electron chi connectivity index (χ1n) is 12.2. The Labute approximate surface area is 226 Å². The molecule has 1 aromatic carbocycles. The van der Waals surface area contributed by atoms with Crippen LogP contribution in [0.25, 0.3) is 10.4 Å². The zero-order valence-electron chi connectivity index (χ0n) is 21.8. The molecule has 11 heteroatoms. The molecule has 1 saturated heterocycles. The van der Waals surface area contributed by atoms with E-state index in [0.29, 0.717) is 18.2 Å². The number of aryl methyl sites for hydroxylation is 1. The Morgan fingerprint density at radius 2 is 2.05 bits per heavy atom. The van der Waals surface area contributed by atoms with E-state index in [1.807, 2.05) is 45.9 Å². The van der Waals surface area contributed by atoms with Gasteiger partial charge in [-0.2, -0.15) is 0 Å². The van der Waals surface area contributed by atoms with Gasteiger partial charge in [0.05, 0.1) is 28.1 Å². The standard InChI is InChI=1S/C26H35ClN4O5S/c1-15-22(37-14-29-15)17-6-7-18(21(10-17)36-9-8-27)12-28-24(34)20-11-19(33)13-31(20)25(35)23(26(3,4)5)30-16(2)32/h6-7,10,14,19-20,23,33H,8-9,11-13H2,1-5H3,(H,28,34)(H,30,32)/t19?,20?,23-/m1/s1. The van der Waals surface area contributed by atoms with Crippen LogP contribution >= 0.6 is 22.9 Å². The molecule has 1 aliphatic heterocycles. The van der Waals surface area contributed by atoms with E-state index < -0.39 is 29.5 Å². The van der Waals surface area contributed by atoms with Crippen LogP contribution in [0.4, 0.5) is 0 Å². The highest BCUT2D eigenvalue weighted by Gasteiger charge is 2.44. The molecule has 3 N–H and O–H groups in total. The summed E-state index contributed by atoms with van der Waals surface area (Å²) in [5.74, 6) is -0.198. The monoisotopic (exact) mass is 550 g/mol. The van der Waals surface area contributed by atoms with Crippen LogP contribution in [0.2, 0.25) is 0 Å².